The van der Waals surface area contributed by atoms with Crippen molar-refractivity contribution in [2.45, 2.75) is 0 Å². The van der Waals surface area contributed by atoms with E-state index in [1.807, 2.05) is 0 Å². The van der Waals surface area contributed by atoms with E-state index in [-0.39, 0.29) is 16.3 Å². The fourth-order valence-electron chi connectivity index (χ4n) is 1.54. The van der Waals surface area contributed by atoms with Gasteiger partial charge in [0, 0.05) is 26.7 Å². The molecule has 1 amide bonds. The lowest BCUT2D eigenvalue weighted by Gasteiger charge is -2.07. The number of nitrogens with zero attached hydrogens (tertiary/aromatic N) is 1. The number of rotatable bonds is 8. The van der Waals surface area contributed by atoms with Gasteiger partial charge in [-0.25, -0.2) is 0 Å². The van der Waals surface area contributed by atoms with E-state index in [1.54, 1.807) is 7.11 Å². The van der Waals surface area contributed by atoms with Crippen LogP contribution in [0, 0.1) is 10.1 Å². The Balaban J connectivity index is 2.56. The van der Waals surface area contributed by atoms with Crippen molar-refractivity contribution in [3.05, 3.63) is 38.9 Å². The Bertz CT molecular complexity index is 482. The molecule has 0 spiro atoms. The average molecular weight is 302 g/mol. The van der Waals surface area contributed by atoms with Crippen LogP contribution >= 0.6 is 11.6 Å². The topological polar surface area (TPSA) is 93.5 Å². The summed E-state index contributed by atoms with van der Waals surface area (Å²) in [6.07, 6.45) is 0. The first-order chi connectivity index (χ1) is 9.57. The van der Waals surface area contributed by atoms with E-state index in [9.17, 15) is 14.9 Å². The van der Waals surface area contributed by atoms with Gasteiger partial charge in [0.25, 0.3) is 5.91 Å². The highest BCUT2D eigenvalue weighted by atomic mass is 35.5. The third kappa shape index (κ3) is 4.76. The maximum atomic E-state index is 11.9. The summed E-state index contributed by atoms with van der Waals surface area (Å²) in [5, 5.41) is 16.5. The highest BCUT2D eigenvalue weighted by molar-refractivity contribution is 6.33. The molecule has 7 nitrogen and oxygen atoms in total. The van der Waals surface area contributed by atoms with Gasteiger partial charge in [0.15, 0.2) is 0 Å². The smallest absolute Gasteiger partial charge is 0.300 e. The minimum Gasteiger partial charge on any atom is -0.383 e. The summed E-state index contributed by atoms with van der Waals surface area (Å²) in [5.41, 5.74) is -0.418. The number of nitro benzene ring substituents is 1. The van der Waals surface area contributed by atoms with Crippen molar-refractivity contribution in [2.75, 3.05) is 33.4 Å². The number of amides is 1. The number of nitrogens with one attached hydrogen (secondary N) is 2. The van der Waals surface area contributed by atoms with E-state index in [1.165, 1.54) is 18.2 Å². The van der Waals surface area contributed by atoms with Crippen LogP contribution in [-0.2, 0) is 4.74 Å². The zero-order chi connectivity index (χ0) is 15.0. The molecule has 0 aliphatic rings. The molecular formula is C12H16ClN3O4. The van der Waals surface area contributed by atoms with Crippen molar-refractivity contribution in [3.8, 4) is 0 Å². The average Bonchev–Trinajstić information content (AvgIpc) is 2.41. The molecule has 0 heterocycles. The van der Waals surface area contributed by atoms with Crippen LogP contribution < -0.4 is 10.6 Å². The first kappa shape index (κ1) is 16.4. The van der Waals surface area contributed by atoms with Crippen molar-refractivity contribution in [1.82, 2.24) is 10.6 Å². The number of nitro groups is 1. The summed E-state index contributed by atoms with van der Waals surface area (Å²) in [7, 11) is 1.60. The molecule has 0 fully saturated rings. The minimum atomic E-state index is -0.659. The van der Waals surface area contributed by atoms with Crippen molar-refractivity contribution in [3.63, 3.8) is 0 Å². The number of benzene rings is 1. The number of hydrogen-bond acceptors (Lipinski definition) is 5. The number of carbonyl (C=O) groups is 1. The second-order valence-corrected chi connectivity index (χ2v) is 4.30. The molecule has 0 saturated heterocycles. The molecular weight excluding hydrogens is 286 g/mol. The summed E-state index contributed by atoms with van der Waals surface area (Å²) in [6.45, 7) is 2.15. The van der Waals surface area contributed by atoms with Crippen LogP contribution in [0.1, 0.15) is 10.4 Å². The first-order valence-electron chi connectivity index (χ1n) is 5.98. The van der Waals surface area contributed by atoms with Gasteiger partial charge in [-0.15, -0.1) is 0 Å². The van der Waals surface area contributed by atoms with Crippen molar-refractivity contribution in [1.29, 1.82) is 0 Å². The highest BCUT2D eigenvalue weighted by Gasteiger charge is 2.23. The Morgan fingerprint density at radius 3 is 2.80 bits per heavy atom. The van der Waals surface area contributed by atoms with Gasteiger partial charge in [0.2, 0.25) is 0 Å². The molecule has 8 heteroatoms. The molecule has 0 bridgehead atoms. The maximum Gasteiger partial charge on any atom is 0.300 e. The van der Waals surface area contributed by atoms with Crippen molar-refractivity contribution >= 4 is 23.2 Å². The van der Waals surface area contributed by atoms with Gasteiger partial charge in [-0.1, -0.05) is 17.7 Å². The van der Waals surface area contributed by atoms with Crippen LogP contribution in [0.15, 0.2) is 18.2 Å². The number of methoxy groups -OCH3 is 1. The number of halogens is 1. The van der Waals surface area contributed by atoms with Gasteiger partial charge in [-0.05, 0) is 12.1 Å². The number of carbonyl (C=O) groups excluding carboxylic acids is 1. The predicted octanol–water partition coefficient (Wildman–Crippen LogP) is 1.21. The third-order valence-electron chi connectivity index (χ3n) is 2.48. The van der Waals surface area contributed by atoms with Crippen LogP contribution in [0.5, 0.6) is 0 Å². The minimum absolute atomic E-state index is 0.0422. The van der Waals surface area contributed by atoms with Gasteiger partial charge in [-0.2, -0.15) is 0 Å². The zero-order valence-corrected chi connectivity index (χ0v) is 11.8. The molecule has 0 aliphatic heterocycles. The first-order valence-corrected chi connectivity index (χ1v) is 6.36. The molecule has 110 valence electrons. The van der Waals surface area contributed by atoms with E-state index in [0.717, 1.165) is 0 Å². The van der Waals surface area contributed by atoms with E-state index in [2.05, 4.69) is 10.6 Å². The summed E-state index contributed by atoms with van der Waals surface area (Å²) in [6, 6.07) is 4.25. The quantitative estimate of drug-likeness (QED) is 0.428. The van der Waals surface area contributed by atoms with Crippen LogP contribution in [0.4, 0.5) is 5.69 Å². The molecule has 1 aromatic carbocycles. The lowest BCUT2D eigenvalue weighted by molar-refractivity contribution is -0.385. The molecule has 0 radical (unpaired) electrons. The van der Waals surface area contributed by atoms with E-state index < -0.39 is 10.8 Å². The van der Waals surface area contributed by atoms with Crippen LogP contribution in [0.2, 0.25) is 5.02 Å². The molecule has 0 atom stereocenters. The second-order valence-electron chi connectivity index (χ2n) is 3.89. The highest BCUT2D eigenvalue weighted by Crippen LogP contribution is 2.27. The number of ether oxygens (including phenoxy) is 1. The Labute approximate surface area is 121 Å². The molecule has 20 heavy (non-hydrogen) atoms. The Morgan fingerprint density at radius 1 is 1.40 bits per heavy atom. The third-order valence-corrected chi connectivity index (χ3v) is 2.79. The normalized spacial score (nSPS) is 10.3. The predicted molar refractivity (Wildman–Crippen MR) is 75.2 cm³/mol. The largest absolute Gasteiger partial charge is 0.383 e. The maximum absolute atomic E-state index is 11.9. The van der Waals surface area contributed by atoms with Crippen molar-refractivity contribution in [2.24, 2.45) is 0 Å². The van der Waals surface area contributed by atoms with E-state index in [0.29, 0.717) is 26.2 Å². The molecule has 0 aliphatic carbocycles. The molecule has 1 aromatic rings. The standard InChI is InChI=1S/C12H16ClN3O4/c1-20-8-7-14-5-6-15-12(17)9-3-2-4-10(13)11(9)16(18)19/h2-4,14H,5-8H2,1H3,(H,15,17). The van der Waals surface area contributed by atoms with Gasteiger partial charge in [0.05, 0.1) is 11.5 Å². The Kier molecular flexibility index (Phi) is 6.92. The summed E-state index contributed by atoms with van der Waals surface area (Å²) in [5.74, 6) is -0.521. The summed E-state index contributed by atoms with van der Waals surface area (Å²) < 4.78 is 4.85. The van der Waals surface area contributed by atoms with Crippen molar-refractivity contribution < 1.29 is 14.5 Å². The fraction of sp³-hybridized carbons (Fsp3) is 0.417. The summed E-state index contributed by atoms with van der Waals surface area (Å²) in [4.78, 5) is 22.1. The Morgan fingerprint density at radius 2 is 2.15 bits per heavy atom. The SMILES string of the molecule is COCCNCCNC(=O)c1cccc(Cl)c1[N+](=O)[O-]. The zero-order valence-electron chi connectivity index (χ0n) is 11.0. The molecule has 0 saturated carbocycles. The van der Waals surface area contributed by atoms with Crippen LogP contribution in [-0.4, -0.2) is 44.2 Å². The van der Waals surface area contributed by atoms with Crippen LogP contribution in [0.25, 0.3) is 0 Å². The number of hydrogen-bond donors (Lipinski definition) is 2. The molecule has 1 rings (SSSR count). The Hall–Kier alpha value is -1.70. The van der Waals surface area contributed by atoms with Gasteiger partial charge in [0.1, 0.15) is 10.6 Å². The van der Waals surface area contributed by atoms with Crippen LogP contribution in [0.3, 0.4) is 0 Å². The molecule has 0 unspecified atom stereocenters. The van der Waals surface area contributed by atoms with E-state index in [4.69, 9.17) is 16.3 Å². The van der Waals surface area contributed by atoms with Gasteiger partial charge in [-0.3, -0.25) is 14.9 Å². The molecule has 2 N–H and O–H groups in total. The summed E-state index contributed by atoms with van der Waals surface area (Å²) >= 11 is 5.74. The fourth-order valence-corrected chi connectivity index (χ4v) is 1.79. The monoisotopic (exact) mass is 301 g/mol. The number of para-hydroxylation sites is 1. The lowest BCUT2D eigenvalue weighted by atomic mass is 10.1. The van der Waals surface area contributed by atoms with E-state index >= 15 is 0 Å². The molecule has 0 aromatic heterocycles. The van der Waals surface area contributed by atoms with Gasteiger partial charge < -0.3 is 15.4 Å². The lowest BCUT2D eigenvalue weighted by Crippen LogP contribution is -2.33. The van der Waals surface area contributed by atoms with Gasteiger partial charge >= 0.3 is 5.69 Å². The second kappa shape index (κ2) is 8.47.